The molecular formula is C18H16F6N4O3. The molecule has 3 rings (SSSR count). The summed E-state index contributed by atoms with van der Waals surface area (Å²) in [6, 6.07) is 3.03. The molecule has 0 aliphatic rings. The molecule has 1 unspecified atom stereocenters. The first-order valence-electron chi connectivity index (χ1n) is 8.96. The number of aryl methyl sites for hydroxylation is 2. The molecule has 0 fully saturated rings. The summed E-state index contributed by atoms with van der Waals surface area (Å²) >= 11 is 0. The highest BCUT2D eigenvalue weighted by molar-refractivity contribution is 5.61. The molecule has 168 valence electrons. The quantitative estimate of drug-likeness (QED) is 0.468. The van der Waals surface area contributed by atoms with Gasteiger partial charge in [0.25, 0.3) is 5.82 Å². The Bertz CT molecular complexity index is 1030. The first kappa shape index (κ1) is 22.6. The molecule has 2 heterocycles. The number of hydrogen-bond acceptors (Lipinski definition) is 7. The highest BCUT2D eigenvalue weighted by Gasteiger charge is 2.39. The third-order valence-electron chi connectivity index (χ3n) is 4.35. The van der Waals surface area contributed by atoms with Crippen LogP contribution in [-0.2, 0) is 12.4 Å². The third-order valence-corrected chi connectivity index (χ3v) is 4.35. The Kier molecular flexibility index (Phi) is 5.96. The van der Waals surface area contributed by atoms with Gasteiger partial charge in [0.2, 0.25) is 11.7 Å². The van der Waals surface area contributed by atoms with E-state index >= 15 is 0 Å². The number of benzene rings is 1. The van der Waals surface area contributed by atoms with Crippen LogP contribution in [0.4, 0.5) is 26.3 Å². The van der Waals surface area contributed by atoms with Crippen LogP contribution >= 0.6 is 0 Å². The second-order valence-electron chi connectivity index (χ2n) is 6.73. The van der Waals surface area contributed by atoms with E-state index in [9.17, 15) is 26.3 Å². The predicted molar refractivity (Wildman–Crippen MR) is 92.0 cm³/mol. The van der Waals surface area contributed by atoms with Gasteiger partial charge < -0.3 is 13.8 Å². The lowest BCUT2D eigenvalue weighted by molar-refractivity contribution is -0.159. The third kappa shape index (κ3) is 4.97. The number of halogens is 6. The minimum atomic E-state index is -4.76. The molecule has 0 aliphatic carbocycles. The van der Waals surface area contributed by atoms with Crippen LogP contribution in [0.25, 0.3) is 11.4 Å². The van der Waals surface area contributed by atoms with Gasteiger partial charge in [0.05, 0.1) is 12.5 Å². The molecule has 1 aromatic carbocycles. The van der Waals surface area contributed by atoms with Crippen molar-refractivity contribution in [3.8, 4) is 17.1 Å². The first-order valence-corrected chi connectivity index (χ1v) is 8.96. The van der Waals surface area contributed by atoms with Gasteiger partial charge in [0.15, 0.2) is 0 Å². The van der Waals surface area contributed by atoms with Crippen molar-refractivity contribution in [3.63, 3.8) is 0 Å². The Balaban J connectivity index is 1.77. The highest BCUT2D eigenvalue weighted by atomic mass is 19.4. The van der Waals surface area contributed by atoms with Crippen molar-refractivity contribution >= 4 is 0 Å². The maximum absolute atomic E-state index is 12.7. The Morgan fingerprint density at radius 3 is 2.06 bits per heavy atom. The van der Waals surface area contributed by atoms with Crippen LogP contribution in [-0.4, -0.2) is 26.9 Å². The minimum Gasteiger partial charge on any atom is -0.492 e. The zero-order valence-electron chi connectivity index (χ0n) is 16.4. The fraction of sp³-hybridized carbons (Fsp3) is 0.444. The smallest absolute Gasteiger partial charge is 0.471 e. The van der Waals surface area contributed by atoms with E-state index in [1.54, 1.807) is 20.8 Å². The van der Waals surface area contributed by atoms with Crippen molar-refractivity contribution in [1.29, 1.82) is 0 Å². The maximum atomic E-state index is 12.7. The number of rotatable bonds is 6. The second-order valence-corrected chi connectivity index (χ2v) is 6.73. The molecule has 0 aliphatic heterocycles. The minimum absolute atomic E-state index is 0.0442. The van der Waals surface area contributed by atoms with Gasteiger partial charge in [-0.25, -0.2) is 0 Å². The molecule has 13 heteroatoms. The van der Waals surface area contributed by atoms with E-state index < -0.39 is 30.0 Å². The van der Waals surface area contributed by atoms with Gasteiger partial charge in [-0.1, -0.05) is 17.2 Å². The van der Waals surface area contributed by atoms with Crippen LogP contribution in [0.1, 0.15) is 48.0 Å². The van der Waals surface area contributed by atoms with Crippen LogP contribution in [0.5, 0.6) is 5.75 Å². The molecule has 0 spiro atoms. The number of alkyl halides is 6. The summed E-state index contributed by atoms with van der Waals surface area (Å²) in [5.41, 5.74) is 1.41. The van der Waals surface area contributed by atoms with Crippen molar-refractivity contribution in [3.05, 3.63) is 40.9 Å². The Morgan fingerprint density at radius 1 is 0.935 bits per heavy atom. The number of aromatic nitrogens is 4. The molecular weight excluding hydrogens is 434 g/mol. The lowest BCUT2D eigenvalue weighted by Crippen LogP contribution is -2.12. The van der Waals surface area contributed by atoms with Gasteiger partial charge in [-0.3, -0.25) is 0 Å². The average molecular weight is 450 g/mol. The van der Waals surface area contributed by atoms with Gasteiger partial charge in [-0.15, -0.1) is 0 Å². The van der Waals surface area contributed by atoms with E-state index in [0.717, 1.165) is 0 Å². The zero-order valence-corrected chi connectivity index (χ0v) is 16.4. The summed E-state index contributed by atoms with van der Waals surface area (Å²) in [4.78, 5) is 6.73. The fourth-order valence-corrected chi connectivity index (χ4v) is 2.83. The predicted octanol–water partition coefficient (Wildman–Crippen LogP) is 5.35. The highest BCUT2D eigenvalue weighted by Crippen LogP contribution is 2.33. The lowest BCUT2D eigenvalue weighted by atomic mass is 10.0. The molecule has 0 bridgehead atoms. The van der Waals surface area contributed by atoms with Gasteiger partial charge in [-0.05, 0) is 43.5 Å². The van der Waals surface area contributed by atoms with Crippen LogP contribution in [0.3, 0.4) is 0 Å². The van der Waals surface area contributed by atoms with Gasteiger partial charge >= 0.3 is 18.2 Å². The standard InChI is InChI=1S/C18H16F6N4O3/c1-4-10(14-26-15(28-30-14)17(19,20)21)7-29-12-8(2)5-11(6-9(12)3)13-25-16(31-27-13)18(22,23)24/h5-6,10H,4,7H2,1-3H3. The van der Waals surface area contributed by atoms with E-state index in [-0.39, 0.29) is 18.3 Å². The molecule has 31 heavy (non-hydrogen) atoms. The van der Waals surface area contributed by atoms with Crippen molar-refractivity contribution in [1.82, 2.24) is 20.3 Å². The van der Waals surface area contributed by atoms with Crippen molar-refractivity contribution in [2.45, 2.75) is 45.5 Å². The van der Waals surface area contributed by atoms with Gasteiger partial charge in [0.1, 0.15) is 5.75 Å². The van der Waals surface area contributed by atoms with E-state index in [1.165, 1.54) is 12.1 Å². The van der Waals surface area contributed by atoms with E-state index in [2.05, 4.69) is 24.8 Å². The van der Waals surface area contributed by atoms with Gasteiger partial charge in [-0.2, -0.15) is 36.3 Å². The van der Waals surface area contributed by atoms with Crippen molar-refractivity contribution < 1.29 is 40.1 Å². The normalized spacial score (nSPS) is 13.5. The second kappa shape index (κ2) is 8.19. The maximum Gasteiger partial charge on any atom is 0.471 e. The molecule has 0 radical (unpaired) electrons. The number of nitrogens with zero attached hydrogens (tertiary/aromatic N) is 4. The molecule has 0 amide bonds. The summed E-state index contributed by atoms with van der Waals surface area (Å²) in [6.45, 7) is 5.00. The largest absolute Gasteiger partial charge is 0.492 e. The van der Waals surface area contributed by atoms with Crippen molar-refractivity contribution in [2.24, 2.45) is 0 Å². The molecule has 7 nitrogen and oxygen atoms in total. The van der Waals surface area contributed by atoms with Crippen LogP contribution in [0.15, 0.2) is 21.2 Å². The summed E-state index contributed by atoms with van der Waals surface area (Å²) < 4.78 is 90.7. The van der Waals surface area contributed by atoms with Crippen molar-refractivity contribution in [2.75, 3.05) is 6.61 Å². The zero-order chi connectivity index (χ0) is 23.0. The first-order chi connectivity index (χ1) is 14.4. The SMILES string of the molecule is CCC(COc1c(C)cc(-c2noc(C(F)(F)F)n2)cc1C)c1nc(C(F)(F)F)no1. The van der Waals surface area contributed by atoms with E-state index in [0.29, 0.717) is 28.9 Å². The van der Waals surface area contributed by atoms with Gasteiger partial charge in [0, 0.05) is 5.56 Å². The summed E-state index contributed by atoms with van der Waals surface area (Å²) in [5, 5.41) is 6.29. The molecule has 1 atom stereocenters. The fourth-order valence-electron chi connectivity index (χ4n) is 2.83. The molecule has 3 aromatic rings. The van der Waals surface area contributed by atoms with E-state index in [4.69, 9.17) is 9.26 Å². The summed E-state index contributed by atoms with van der Waals surface area (Å²) in [6.07, 6.45) is -9.10. The summed E-state index contributed by atoms with van der Waals surface area (Å²) in [5.74, 6) is -3.43. The monoisotopic (exact) mass is 450 g/mol. The average Bonchev–Trinajstić information content (AvgIpc) is 3.33. The Labute approximate surface area is 171 Å². The van der Waals surface area contributed by atoms with Crippen LogP contribution in [0.2, 0.25) is 0 Å². The Morgan fingerprint density at radius 2 is 1.58 bits per heavy atom. The molecule has 0 N–H and O–H groups in total. The van der Waals surface area contributed by atoms with Crippen LogP contribution in [0, 0.1) is 13.8 Å². The number of ether oxygens (including phenoxy) is 1. The topological polar surface area (TPSA) is 87.1 Å². The Hall–Kier alpha value is -3.12. The summed E-state index contributed by atoms with van der Waals surface area (Å²) in [7, 11) is 0. The molecule has 0 saturated heterocycles. The van der Waals surface area contributed by atoms with E-state index in [1.807, 2.05) is 0 Å². The molecule has 2 aromatic heterocycles. The number of hydrogen-bond donors (Lipinski definition) is 0. The lowest BCUT2D eigenvalue weighted by Gasteiger charge is -2.16. The molecule has 0 saturated carbocycles. The van der Waals surface area contributed by atoms with Crippen LogP contribution < -0.4 is 4.74 Å².